The average Bonchev–Trinajstić information content (AvgIpc) is 1.78. The highest BCUT2D eigenvalue weighted by Crippen LogP contribution is 2.24. The molecule has 0 aliphatic carbocycles. The highest BCUT2D eigenvalue weighted by molar-refractivity contribution is 7.07. The molecule has 25 heteroatoms. The minimum atomic E-state index is -0.0174. The monoisotopic (exact) mass is 1520 g/mol. The molecule has 104 heavy (non-hydrogen) atoms. The van der Waals surface area contributed by atoms with Gasteiger partial charge in [-0.25, -0.2) is 15.0 Å². The van der Waals surface area contributed by atoms with Crippen molar-refractivity contribution in [2.75, 3.05) is 13.1 Å². The van der Waals surface area contributed by atoms with E-state index in [1.807, 2.05) is 70.7 Å². The molecule has 0 bridgehead atoms. The van der Waals surface area contributed by atoms with Crippen LogP contribution < -0.4 is 0 Å². The number of rotatable bonds is 0. The molecule has 0 radical (unpaired) electrons. The summed E-state index contributed by atoms with van der Waals surface area (Å²) in [5, 5.41) is 27.1. The standard InChI is InChI=1S/C8H13N.C7H11NO.C7H11NS.2C6H10N2O.C6H10N2S.C5H9N3S.4C5H12.C4H5N.C3H4N2.C3H3NO.C3H3NS.CH4/c1-8(2,3)7-5-4-6-9-7;2*1-7(2,3)6-4-5-9-8-6;1-6(2,3)5-8-7-4-9-5;2*1-6(2,3)5-7-4-9-8-5;1-5(2,3)4-6-7-8-9-4;4*1-5(2,3)4;1-2-4-5-3-1;3*1-2-5-3-4-1;/h4-5H,6H2,1-3H3;2*4-5H,1-3H3;3*4H,1-3H3;1-3H3;4*1-4H3;1,3-4H,2H2;1,3H,2H2;2*1-3H;1H4. The first kappa shape index (κ1) is 106. The Hall–Kier alpha value is -6.83. The molecule has 0 saturated heterocycles. The van der Waals surface area contributed by atoms with Crippen LogP contribution in [-0.2, 0) is 32.5 Å². The molecule has 8 aromatic rings. The topological polar surface area (TPSA) is 270 Å². The van der Waals surface area contributed by atoms with Gasteiger partial charge in [0, 0.05) is 103 Å². The van der Waals surface area contributed by atoms with Crippen LogP contribution in [-0.4, -0.2) is 102 Å². The lowest BCUT2D eigenvalue weighted by atomic mass is 9.90. The Balaban J connectivity index is -0.000000339. The Morgan fingerprint density at radius 3 is 1.20 bits per heavy atom. The van der Waals surface area contributed by atoms with E-state index in [0.29, 0.717) is 27.6 Å². The summed E-state index contributed by atoms with van der Waals surface area (Å²) in [5.74, 6) is 2.37. The highest BCUT2D eigenvalue weighted by atomic mass is 32.1. The fourth-order valence-electron chi connectivity index (χ4n) is 4.87. The second-order valence-corrected chi connectivity index (χ2v) is 39.4. The van der Waals surface area contributed by atoms with Gasteiger partial charge in [0.1, 0.15) is 35.2 Å². The number of nitrogens with zero attached hydrogens (tertiary/aromatic N) is 17. The van der Waals surface area contributed by atoms with E-state index in [1.54, 1.807) is 59.8 Å². The van der Waals surface area contributed by atoms with E-state index < -0.39 is 0 Å². The van der Waals surface area contributed by atoms with Crippen LogP contribution in [0.15, 0.2) is 140 Å². The van der Waals surface area contributed by atoms with Crippen LogP contribution >= 0.6 is 45.9 Å². The fourth-order valence-corrected chi connectivity index (χ4v) is 7.03. The maximum atomic E-state index is 4.98. The minimum Gasteiger partial charge on any atom is -0.452 e. The molecule has 590 valence electrons. The normalized spacial score (nSPS) is 12.5. The van der Waals surface area contributed by atoms with Gasteiger partial charge in [-0.2, -0.15) is 13.7 Å². The molecule has 3 aliphatic heterocycles. The van der Waals surface area contributed by atoms with Gasteiger partial charge in [0.25, 0.3) is 0 Å². The Morgan fingerprint density at radius 2 is 1.03 bits per heavy atom. The smallest absolute Gasteiger partial charge is 0.221 e. The largest absolute Gasteiger partial charge is 0.452 e. The molecule has 0 unspecified atom stereocenters. The molecular formula is C79H141N17O4S4. The summed E-state index contributed by atoms with van der Waals surface area (Å²) in [6.07, 6.45) is 24.8. The van der Waals surface area contributed by atoms with E-state index in [1.165, 1.54) is 71.4 Å². The van der Waals surface area contributed by atoms with E-state index in [-0.39, 0.29) is 45.3 Å². The number of oxazole rings is 1. The van der Waals surface area contributed by atoms with Crippen molar-refractivity contribution in [2.24, 2.45) is 47.0 Å². The van der Waals surface area contributed by atoms with Crippen LogP contribution in [0, 0.1) is 27.1 Å². The van der Waals surface area contributed by atoms with Crippen molar-refractivity contribution in [3.8, 4) is 0 Å². The van der Waals surface area contributed by atoms with Crippen LogP contribution in [0.4, 0.5) is 0 Å². The number of aromatic nitrogens is 13. The maximum absolute atomic E-state index is 4.98. The molecule has 0 N–H and O–H groups in total. The summed E-state index contributed by atoms with van der Waals surface area (Å²) < 4.78 is 30.7. The van der Waals surface area contributed by atoms with Gasteiger partial charge in [-0.15, -0.1) is 26.6 Å². The molecule has 0 spiro atoms. The van der Waals surface area contributed by atoms with Gasteiger partial charge in [-0.1, -0.05) is 291 Å². The van der Waals surface area contributed by atoms with Crippen LogP contribution in [0.5, 0.6) is 0 Å². The summed E-state index contributed by atoms with van der Waals surface area (Å²) in [5.41, 5.74) is 9.76. The van der Waals surface area contributed by atoms with Crippen molar-refractivity contribution in [3.63, 3.8) is 0 Å². The van der Waals surface area contributed by atoms with Crippen LogP contribution in [0.1, 0.15) is 304 Å². The number of allylic oxidation sites excluding steroid dienone is 2. The van der Waals surface area contributed by atoms with Gasteiger partial charge >= 0.3 is 0 Å². The Bertz CT molecular complexity index is 2780. The second kappa shape index (κ2) is 53.0. The molecule has 3 aliphatic rings. The summed E-state index contributed by atoms with van der Waals surface area (Å²) in [6, 6.07) is 3.96. The predicted octanol–water partition coefficient (Wildman–Crippen LogP) is 24.0. The third-order valence-electron chi connectivity index (χ3n) is 9.50. The van der Waals surface area contributed by atoms with E-state index in [4.69, 9.17) is 8.94 Å². The molecule has 0 saturated carbocycles. The van der Waals surface area contributed by atoms with Crippen LogP contribution in [0.3, 0.4) is 0 Å². The van der Waals surface area contributed by atoms with Crippen molar-refractivity contribution >= 4 is 70.4 Å². The maximum Gasteiger partial charge on any atom is 0.221 e. The third kappa shape index (κ3) is 77.8. The van der Waals surface area contributed by atoms with Gasteiger partial charge in [-0.3, -0.25) is 20.0 Å². The molecular weight excluding hydrogens is 1380 g/mol. The Morgan fingerprint density at radius 1 is 0.452 bits per heavy atom. The number of hydrogen-bond acceptors (Lipinski definition) is 25. The zero-order valence-corrected chi connectivity index (χ0v) is 73.8. The third-order valence-corrected chi connectivity index (χ3v) is 12.1. The molecule has 0 aromatic carbocycles. The van der Waals surface area contributed by atoms with Crippen molar-refractivity contribution in [1.82, 2.24) is 64.0 Å². The van der Waals surface area contributed by atoms with Gasteiger partial charge < -0.3 is 17.9 Å². The first-order chi connectivity index (χ1) is 46.7. The number of thiazole rings is 1. The molecule has 0 fully saturated rings. The second-order valence-electron chi connectivity index (χ2n) is 36.7. The average molecular weight is 1520 g/mol. The van der Waals surface area contributed by atoms with E-state index in [0.717, 1.165) is 41.9 Å². The molecule has 0 atom stereocenters. The molecule has 11 heterocycles. The van der Waals surface area contributed by atoms with Crippen molar-refractivity contribution in [2.45, 2.75) is 303 Å². The first-order valence-corrected chi connectivity index (χ1v) is 37.9. The summed E-state index contributed by atoms with van der Waals surface area (Å²) in [6.45, 7) is 80.8. The van der Waals surface area contributed by atoms with E-state index in [2.05, 4.69) is 326 Å². The SMILES string of the molecule is C.C1=CN=CC1.C1=NC=NC1.CC(C)(C)C.CC(C)(C)C.CC(C)(C)C.CC(C)(C)C.CC(C)(C)C1=NCC=C1.CC(C)(C)c1ccon1.CC(C)(C)c1ccsn1.CC(C)(C)c1ncon1.CC(C)(C)c1ncsn1.CC(C)(C)c1nnco1.CC(C)(C)c1nnns1.c1cocn1.c1cscn1. The lowest BCUT2D eigenvalue weighted by Gasteiger charge is -2.16. The number of hydrogen-bond donors (Lipinski definition) is 0. The lowest BCUT2D eigenvalue weighted by Crippen LogP contribution is -2.16. The van der Waals surface area contributed by atoms with E-state index in [9.17, 15) is 0 Å². The van der Waals surface area contributed by atoms with Gasteiger partial charge in [0.05, 0.1) is 36.2 Å². The Labute approximate surface area is 647 Å². The van der Waals surface area contributed by atoms with Crippen molar-refractivity contribution < 1.29 is 17.9 Å². The van der Waals surface area contributed by atoms with E-state index >= 15 is 0 Å². The molecule has 8 aromatic heterocycles. The van der Waals surface area contributed by atoms with Crippen LogP contribution in [0.25, 0.3) is 0 Å². The quantitative estimate of drug-likeness (QED) is 0.136. The molecule has 11 rings (SSSR count). The highest BCUT2D eigenvalue weighted by Gasteiger charge is 2.22. The molecule has 21 nitrogen and oxygen atoms in total. The van der Waals surface area contributed by atoms with Crippen molar-refractivity contribution in [3.05, 3.63) is 136 Å². The van der Waals surface area contributed by atoms with Gasteiger partial charge in [0.2, 0.25) is 18.7 Å². The summed E-state index contributed by atoms with van der Waals surface area (Å²) in [7, 11) is 0. The minimum absolute atomic E-state index is 0. The molecule has 0 amide bonds. The first-order valence-electron chi connectivity index (χ1n) is 34.5. The zero-order valence-electron chi connectivity index (χ0n) is 70.5. The lowest BCUT2D eigenvalue weighted by molar-refractivity contribution is 0.392. The number of aliphatic imine (C=N–C) groups is 4. The van der Waals surface area contributed by atoms with Gasteiger partial charge in [0.15, 0.2) is 12.2 Å². The Kier molecular flexibility index (Phi) is 53.9. The predicted molar refractivity (Wildman–Crippen MR) is 448 cm³/mol. The summed E-state index contributed by atoms with van der Waals surface area (Å²) in [4.78, 5) is 30.8. The zero-order chi connectivity index (χ0) is 80.5. The summed E-state index contributed by atoms with van der Waals surface area (Å²) >= 11 is 5.88. The van der Waals surface area contributed by atoms with Crippen molar-refractivity contribution in [1.29, 1.82) is 0 Å². The fraction of sp³-hybridized carbons (Fsp3) is 0.658. The van der Waals surface area contributed by atoms with Gasteiger partial charge in [-0.05, 0) is 62.1 Å². The van der Waals surface area contributed by atoms with Crippen LogP contribution in [0.2, 0.25) is 0 Å².